The molecule has 0 fully saturated rings. The zero-order valence-corrected chi connectivity index (χ0v) is 33.3. The number of benzene rings is 6. The lowest BCUT2D eigenvalue weighted by Gasteiger charge is -2.36. The van der Waals surface area contributed by atoms with E-state index in [-0.39, 0.29) is 17.5 Å². The van der Waals surface area contributed by atoms with Gasteiger partial charge in [-0.25, -0.2) is 0 Å². The SMILES string of the molecule is CC.CC(=O)Oc1ccc2c(c1)Sc1ccccc1N2.CC(=O)c1ccc2c(c1)Nc1ccccc1S2.O=C1CCN2c3ccccc3Sc3cccc1c32. The zero-order chi connectivity index (χ0) is 38.5. The molecule has 7 nitrogen and oxygen atoms in total. The third-order valence-corrected chi connectivity index (χ3v) is 12.3. The van der Waals surface area contributed by atoms with E-state index in [0.717, 1.165) is 55.9 Å². The summed E-state index contributed by atoms with van der Waals surface area (Å²) in [5.74, 6) is 0.639. The van der Waals surface area contributed by atoms with Gasteiger partial charge >= 0.3 is 5.97 Å². The van der Waals surface area contributed by atoms with Crippen LogP contribution in [-0.2, 0) is 4.79 Å². The molecule has 0 amide bonds. The van der Waals surface area contributed by atoms with Crippen molar-refractivity contribution in [3.8, 4) is 5.75 Å². The lowest BCUT2D eigenvalue weighted by molar-refractivity contribution is -0.131. The molecule has 10 heteroatoms. The van der Waals surface area contributed by atoms with Crippen LogP contribution in [0.2, 0.25) is 0 Å². The Labute approximate surface area is 334 Å². The topological polar surface area (TPSA) is 87.7 Å². The monoisotopic (exact) mass is 781 g/mol. The minimum atomic E-state index is -0.302. The van der Waals surface area contributed by atoms with Crippen LogP contribution in [0.25, 0.3) is 0 Å². The molecule has 0 atom stereocenters. The Balaban J connectivity index is 0.000000124. The molecule has 4 aliphatic rings. The van der Waals surface area contributed by atoms with Crippen molar-refractivity contribution in [2.75, 3.05) is 22.1 Å². The van der Waals surface area contributed by atoms with Crippen molar-refractivity contribution in [2.45, 2.75) is 63.5 Å². The molecule has 0 saturated carbocycles. The summed E-state index contributed by atoms with van der Waals surface area (Å²) in [5.41, 5.74) is 8.22. The number of fused-ring (bicyclic) bond motifs is 6. The maximum absolute atomic E-state index is 12.0. The number of hydrogen-bond donors (Lipinski definition) is 2. The first-order chi connectivity index (χ1) is 26.8. The van der Waals surface area contributed by atoms with Crippen molar-refractivity contribution >= 4 is 86.9 Å². The Kier molecular flexibility index (Phi) is 11.7. The molecule has 0 spiro atoms. The molecule has 10 rings (SSSR count). The van der Waals surface area contributed by atoms with Crippen LogP contribution in [0.15, 0.2) is 157 Å². The summed E-state index contributed by atoms with van der Waals surface area (Å²) in [7, 11) is 0. The van der Waals surface area contributed by atoms with Crippen molar-refractivity contribution in [1.29, 1.82) is 0 Å². The highest BCUT2D eigenvalue weighted by atomic mass is 32.2. The molecule has 0 aliphatic carbocycles. The lowest BCUT2D eigenvalue weighted by atomic mass is 9.99. The molecule has 0 radical (unpaired) electrons. The fraction of sp³-hybridized carbons (Fsp3) is 0.133. The van der Waals surface area contributed by atoms with Crippen LogP contribution < -0.4 is 20.3 Å². The van der Waals surface area contributed by atoms with Crippen molar-refractivity contribution in [2.24, 2.45) is 0 Å². The molecular weight excluding hydrogens is 743 g/mol. The molecule has 276 valence electrons. The minimum absolute atomic E-state index is 0.0958. The number of esters is 1. The van der Waals surface area contributed by atoms with Crippen molar-refractivity contribution in [3.05, 3.63) is 139 Å². The van der Waals surface area contributed by atoms with E-state index in [1.165, 1.54) is 32.2 Å². The van der Waals surface area contributed by atoms with Crippen LogP contribution in [-0.4, -0.2) is 24.1 Å². The van der Waals surface area contributed by atoms with Gasteiger partial charge in [0.25, 0.3) is 0 Å². The number of ketones is 2. The maximum atomic E-state index is 12.0. The molecule has 0 aromatic heterocycles. The van der Waals surface area contributed by atoms with Gasteiger partial charge in [0.15, 0.2) is 11.6 Å². The largest absolute Gasteiger partial charge is 0.427 e. The van der Waals surface area contributed by atoms with E-state index in [1.54, 1.807) is 48.3 Å². The summed E-state index contributed by atoms with van der Waals surface area (Å²) < 4.78 is 5.09. The number of carbonyl (C=O) groups excluding carboxylic acids is 3. The minimum Gasteiger partial charge on any atom is -0.427 e. The number of rotatable bonds is 2. The maximum Gasteiger partial charge on any atom is 0.308 e. The second-order valence-corrected chi connectivity index (χ2v) is 15.8. The highest BCUT2D eigenvalue weighted by Crippen LogP contribution is 2.51. The van der Waals surface area contributed by atoms with Gasteiger partial charge in [0.1, 0.15) is 5.75 Å². The smallest absolute Gasteiger partial charge is 0.308 e. The quantitative estimate of drug-likeness (QED) is 0.100. The molecular formula is C45H39N3O4S3. The number of Topliss-reactive ketones (excluding diaryl/α,β-unsaturated/α-hetero) is 2. The number of hydrogen-bond acceptors (Lipinski definition) is 10. The first kappa shape index (κ1) is 37.9. The predicted octanol–water partition coefficient (Wildman–Crippen LogP) is 12.8. The third-order valence-electron chi connectivity index (χ3n) is 8.86. The van der Waals surface area contributed by atoms with E-state index >= 15 is 0 Å². The van der Waals surface area contributed by atoms with Crippen molar-refractivity contribution in [3.63, 3.8) is 0 Å². The molecule has 0 bridgehead atoms. The van der Waals surface area contributed by atoms with Crippen LogP contribution in [0.4, 0.5) is 34.1 Å². The van der Waals surface area contributed by atoms with Gasteiger partial charge in [0.2, 0.25) is 0 Å². The van der Waals surface area contributed by atoms with Crippen LogP contribution in [0.5, 0.6) is 5.75 Å². The summed E-state index contributed by atoms with van der Waals surface area (Å²) in [6.45, 7) is 7.78. The Bertz CT molecular complexity index is 2430. The summed E-state index contributed by atoms with van der Waals surface area (Å²) in [6, 6.07) is 42.1. The molecule has 55 heavy (non-hydrogen) atoms. The summed E-state index contributed by atoms with van der Waals surface area (Å²) in [6.07, 6.45) is 0.607. The highest BCUT2D eigenvalue weighted by molar-refractivity contribution is 8.00. The summed E-state index contributed by atoms with van der Waals surface area (Å²) in [4.78, 5) is 43.6. The van der Waals surface area contributed by atoms with E-state index in [2.05, 4.69) is 58.0 Å². The predicted molar refractivity (Wildman–Crippen MR) is 226 cm³/mol. The number of nitrogens with zero attached hydrogens (tertiary/aromatic N) is 1. The number of nitrogens with one attached hydrogen (secondary N) is 2. The van der Waals surface area contributed by atoms with Gasteiger partial charge in [-0.3, -0.25) is 14.4 Å². The van der Waals surface area contributed by atoms with Crippen LogP contribution in [0, 0.1) is 0 Å². The molecule has 2 N–H and O–H groups in total. The third kappa shape index (κ3) is 8.32. The Morgan fingerprint density at radius 3 is 1.89 bits per heavy atom. The molecule has 4 heterocycles. The standard InChI is InChI=1S/C15H11NOS.C14H11NO2S.C14H11NOS.C2H6/c17-12-8-9-16-11-5-1-2-6-13(11)18-14-7-3-4-10(12)15(14)16;1-9(16)17-10-6-7-12-14(8-10)18-13-5-3-2-4-11(13)15-12;1-9(16)10-6-7-14-12(8-10)15-11-4-2-3-5-13(11)17-14;1-2/h1-7H,8-9H2;2-8,15H,1H3;2-8,15H,1H3;1-2H3. The second-order valence-electron chi connectivity index (χ2n) is 12.5. The van der Waals surface area contributed by atoms with Crippen LogP contribution >= 0.6 is 35.3 Å². The molecule has 4 aliphatic heterocycles. The number of para-hydroxylation sites is 4. The van der Waals surface area contributed by atoms with Gasteiger partial charge in [-0.15, -0.1) is 0 Å². The van der Waals surface area contributed by atoms with E-state index in [0.29, 0.717) is 12.2 Å². The number of anilines is 6. The van der Waals surface area contributed by atoms with Gasteiger partial charge < -0.3 is 20.3 Å². The van der Waals surface area contributed by atoms with Crippen LogP contribution in [0.3, 0.4) is 0 Å². The van der Waals surface area contributed by atoms with Gasteiger partial charge in [-0.05, 0) is 85.8 Å². The lowest BCUT2D eigenvalue weighted by Crippen LogP contribution is -2.30. The normalized spacial score (nSPS) is 13.2. The average Bonchev–Trinajstić information content (AvgIpc) is 3.21. The summed E-state index contributed by atoms with van der Waals surface area (Å²) >= 11 is 5.16. The average molecular weight is 782 g/mol. The summed E-state index contributed by atoms with van der Waals surface area (Å²) in [5, 5.41) is 6.72. The van der Waals surface area contributed by atoms with Crippen molar-refractivity contribution < 1.29 is 19.1 Å². The molecule has 6 aromatic rings. The molecule has 0 saturated heterocycles. The van der Waals surface area contributed by atoms with Gasteiger partial charge in [-0.1, -0.05) is 97.7 Å². The van der Waals surface area contributed by atoms with Gasteiger partial charge in [0, 0.05) is 60.4 Å². The first-order valence-corrected chi connectivity index (χ1v) is 20.5. The van der Waals surface area contributed by atoms with E-state index in [1.807, 2.05) is 92.7 Å². The zero-order valence-electron chi connectivity index (χ0n) is 30.8. The second kappa shape index (κ2) is 16.9. The molecule has 0 unspecified atom stereocenters. The fourth-order valence-electron chi connectivity index (χ4n) is 6.39. The molecule has 6 aromatic carbocycles. The first-order valence-electron chi connectivity index (χ1n) is 18.1. The van der Waals surface area contributed by atoms with Crippen LogP contribution in [0.1, 0.15) is 54.8 Å². The Morgan fingerprint density at radius 1 is 0.600 bits per heavy atom. The van der Waals surface area contributed by atoms with E-state index < -0.39 is 0 Å². The van der Waals surface area contributed by atoms with Gasteiger partial charge in [-0.2, -0.15) is 0 Å². The van der Waals surface area contributed by atoms with E-state index in [9.17, 15) is 14.4 Å². The Morgan fingerprint density at radius 2 is 1.18 bits per heavy atom. The van der Waals surface area contributed by atoms with Gasteiger partial charge in [0.05, 0.1) is 34.1 Å². The number of carbonyl (C=O) groups is 3. The number of ether oxygens (including phenoxy) is 1. The van der Waals surface area contributed by atoms with E-state index in [4.69, 9.17) is 4.74 Å². The highest BCUT2D eigenvalue weighted by Gasteiger charge is 2.31. The van der Waals surface area contributed by atoms with Crippen molar-refractivity contribution in [1.82, 2.24) is 0 Å². The fourth-order valence-corrected chi connectivity index (χ4v) is 9.51. The Hall–Kier alpha value is -5.42.